The highest BCUT2D eigenvalue weighted by molar-refractivity contribution is 6.34. The number of likely N-dealkylation sites (tertiary alicyclic amines) is 1. The fraction of sp³-hybridized carbons (Fsp3) is 0.316. The second-order valence-electron chi connectivity index (χ2n) is 6.18. The van der Waals surface area contributed by atoms with E-state index in [9.17, 15) is 4.79 Å². The van der Waals surface area contributed by atoms with Gasteiger partial charge in [-0.25, -0.2) is 0 Å². The molecular formula is C19H21Cl3N2O2. The Kier molecular flexibility index (Phi) is 7.59. The van der Waals surface area contributed by atoms with Gasteiger partial charge in [0, 0.05) is 30.1 Å². The van der Waals surface area contributed by atoms with Crippen molar-refractivity contribution in [2.24, 2.45) is 11.7 Å². The van der Waals surface area contributed by atoms with Crippen LogP contribution in [0, 0.1) is 5.92 Å². The van der Waals surface area contributed by atoms with Crippen molar-refractivity contribution in [1.29, 1.82) is 0 Å². The van der Waals surface area contributed by atoms with Crippen molar-refractivity contribution in [3.63, 3.8) is 0 Å². The standard InChI is InChI=1S/C19H20Cl2N2O2.ClH/c20-15-6-7-17(21)18(8-15)25-12-19(24)23-10-14(9-22)16(11-23)13-4-2-1-3-5-13;/h1-8,14,16H,9-12,22H2;1H/t14-,16+;/m1./s1. The maximum atomic E-state index is 12.5. The van der Waals surface area contributed by atoms with Crippen molar-refractivity contribution >= 4 is 41.5 Å². The third-order valence-electron chi connectivity index (χ3n) is 4.57. The van der Waals surface area contributed by atoms with Gasteiger partial charge in [0.05, 0.1) is 5.02 Å². The van der Waals surface area contributed by atoms with E-state index in [0.29, 0.717) is 35.4 Å². The fourth-order valence-electron chi connectivity index (χ4n) is 3.21. The summed E-state index contributed by atoms with van der Waals surface area (Å²) in [4.78, 5) is 14.4. The van der Waals surface area contributed by atoms with Gasteiger partial charge in [-0.2, -0.15) is 0 Å². The summed E-state index contributed by atoms with van der Waals surface area (Å²) in [5.74, 6) is 0.843. The van der Waals surface area contributed by atoms with Crippen LogP contribution in [0.4, 0.5) is 0 Å². The van der Waals surface area contributed by atoms with Crippen molar-refractivity contribution in [1.82, 2.24) is 4.90 Å². The lowest BCUT2D eigenvalue weighted by atomic mass is 9.89. The molecule has 0 bridgehead atoms. The summed E-state index contributed by atoms with van der Waals surface area (Å²) < 4.78 is 5.56. The van der Waals surface area contributed by atoms with Crippen LogP contribution in [-0.4, -0.2) is 37.0 Å². The van der Waals surface area contributed by atoms with Crippen molar-refractivity contribution in [2.75, 3.05) is 26.2 Å². The molecule has 0 saturated carbocycles. The predicted octanol–water partition coefficient (Wildman–Crippen LogP) is 3.99. The fourth-order valence-corrected chi connectivity index (χ4v) is 3.54. The molecule has 4 nitrogen and oxygen atoms in total. The number of hydrogen-bond acceptors (Lipinski definition) is 3. The molecule has 3 rings (SSSR count). The van der Waals surface area contributed by atoms with Crippen LogP contribution in [-0.2, 0) is 4.79 Å². The molecule has 2 N–H and O–H groups in total. The van der Waals surface area contributed by atoms with Crippen LogP contribution in [0.2, 0.25) is 10.0 Å². The zero-order valence-corrected chi connectivity index (χ0v) is 16.4. The molecule has 0 radical (unpaired) electrons. The first-order chi connectivity index (χ1) is 12.1. The highest BCUT2D eigenvalue weighted by Crippen LogP contribution is 2.32. The van der Waals surface area contributed by atoms with Crippen LogP contribution >= 0.6 is 35.6 Å². The van der Waals surface area contributed by atoms with E-state index in [0.717, 1.165) is 0 Å². The van der Waals surface area contributed by atoms with E-state index in [-0.39, 0.29) is 36.8 Å². The number of amides is 1. The molecule has 7 heteroatoms. The SMILES string of the molecule is Cl.NC[C@@H]1CN(C(=O)COc2cc(Cl)ccc2Cl)C[C@H]1c1ccccc1. The van der Waals surface area contributed by atoms with Gasteiger partial charge in [0.25, 0.3) is 5.91 Å². The molecule has 0 unspecified atom stereocenters. The molecule has 1 aliphatic heterocycles. The van der Waals surface area contributed by atoms with E-state index < -0.39 is 0 Å². The van der Waals surface area contributed by atoms with Gasteiger partial charge >= 0.3 is 0 Å². The van der Waals surface area contributed by atoms with E-state index >= 15 is 0 Å². The Morgan fingerprint density at radius 2 is 1.88 bits per heavy atom. The molecule has 1 heterocycles. The largest absolute Gasteiger partial charge is 0.482 e. The molecule has 1 fully saturated rings. The second kappa shape index (κ2) is 9.47. The van der Waals surface area contributed by atoms with Gasteiger partial charge in [-0.3, -0.25) is 4.79 Å². The number of nitrogens with zero attached hydrogens (tertiary/aromatic N) is 1. The molecule has 26 heavy (non-hydrogen) atoms. The van der Waals surface area contributed by atoms with Gasteiger partial charge < -0.3 is 15.4 Å². The minimum Gasteiger partial charge on any atom is -0.482 e. The third kappa shape index (κ3) is 4.83. The second-order valence-corrected chi connectivity index (χ2v) is 7.02. The van der Waals surface area contributed by atoms with Gasteiger partial charge in [0.1, 0.15) is 5.75 Å². The number of carbonyl (C=O) groups excluding carboxylic acids is 1. The monoisotopic (exact) mass is 414 g/mol. The summed E-state index contributed by atoms with van der Waals surface area (Å²) in [6.45, 7) is 1.77. The molecular weight excluding hydrogens is 395 g/mol. The maximum Gasteiger partial charge on any atom is 0.260 e. The zero-order chi connectivity index (χ0) is 17.8. The Morgan fingerprint density at radius 1 is 1.15 bits per heavy atom. The first-order valence-electron chi connectivity index (χ1n) is 8.19. The average molecular weight is 416 g/mol. The third-order valence-corrected chi connectivity index (χ3v) is 5.12. The molecule has 2 aromatic carbocycles. The minimum atomic E-state index is -0.0760. The van der Waals surface area contributed by atoms with Crippen molar-refractivity contribution in [2.45, 2.75) is 5.92 Å². The Balaban J connectivity index is 0.00000243. The van der Waals surface area contributed by atoms with Crippen LogP contribution < -0.4 is 10.5 Å². The van der Waals surface area contributed by atoms with E-state index in [4.69, 9.17) is 33.7 Å². The molecule has 0 aromatic heterocycles. The summed E-state index contributed by atoms with van der Waals surface area (Å²) in [6.07, 6.45) is 0. The summed E-state index contributed by atoms with van der Waals surface area (Å²) in [7, 11) is 0. The molecule has 0 aliphatic carbocycles. The molecule has 2 atom stereocenters. The molecule has 0 spiro atoms. The van der Waals surface area contributed by atoms with E-state index in [2.05, 4.69) is 12.1 Å². The Hall–Kier alpha value is -1.46. The van der Waals surface area contributed by atoms with Crippen molar-refractivity contribution in [3.05, 3.63) is 64.1 Å². The van der Waals surface area contributed by atoms with Crippen LogP contribution in [0.15, 0.2) is 48.5 Å². The van der Waals surface area contributed by atoms with Crippen LogP contribution in [0.5, 0.6) is 5.75 Å². The lowest BCUT2D eigenvalue weighted by molar-refractivity contribution is -0.132. The quantitative estimate of drug-likeness (QED) is 0.803. The number of hydrogen-bond donors (Lipinski definition) is 1. The number of nitrogens with two attached hydrogens (primary N) is 1. The van der Waals surface area contributed by atoms with Gasteiger partial charge in [0.2, 0.25) is 0 Å². The predicted molar refractivity (Wildman–Crippen MR) is 108 cm³/mol. The molecule has 1 aliphatic rings. The van der Waals surface area contributed by atoms with E-state index in [1.165, 1.54) is 5.56 Å². The molecule has 1 amide bonds. The number of halogens is 3. The van der Waals surface area contributed by atoms with Crippen LogP contribution in [0.1, 0.15) is 11.5 Å². The summed E-state index contributed by atoms with van der Waals surface area (Å²) in [5.41, 5.74) is 7.14. The normalized spacial score (nSPS) is 19.1. The minimum absolute atomic E-state index is 0. The van der Waals surface area contributed by atoms with Gasteiger partial charge in [-0.05, 0) is 30.2 Å². The number of carbonyl (C=O) groups is 1. The highest BCUT2D eigenvalue weighted by Gasteiger charge is 2.35. The van der Waals surface area contributed by atoms with Crippen molar-refractivity contribution < 1.29 is 9.53 Å². The van der Waals surface area contributed by atoms with Crippen molar-refractivity contribution in [3.8, 4) is 5.75 Å². The van der Waals surface area contributed by atoms with Gasteiger partial charge in [-0.1, -0.05) is 53.5 Å². The molecule has 140 valence electrons. The molecule has 1 saturated heterocycles. The van der Waals surface area contributed by atoms with Crippen LogP contribution in [0.25, 0.3) is 0 Å². The summed E-state index contributed by atoms with van der Waals surface area (Å²) >= 11 is 12.0. The number of benzene rings is 2. The Bertz CT molecular complexity index is 743. The topological polar surface area (TPSA) is 55.6 Å². The Morgan fingerprint density at radius 3 is 2.58 bits per heavy atom. The number of ether oxygens (including phenoxy) is 1. The van der Waals surface area contributed by atoms with E-state index in [1.54, 1.807) is 18.2 Å². The summed E-state index contributed by atoms with van der Waals surface area (Å²) in [5, 5.41) is 0.945. The first kappa shape index (κ1) is 20.8. The summed E-state index contributed by atoms with van der Waals surface area (Å²) in [6, 6.07) is 15.1. The van der Waals surface area contributed by atoms with Gasteiger partial charge in [0.15, 0.2) is 6.61 Å². The zero-order valence-electron chi connectivity index (χ0n) is 14.1. The lowest BCUT2D eigenvalue weighted by Crippen LogP contribution is -2.33. The lowest BCUT2D eigenvalue weighted by Gasteiger charge is -2.17. The first-order valence-corrected chi connectivity index (χ1v) is 8.94. The van der Waals surface area contributed by atoms with E-state index in [1.807, 2.05) is 23.1 Å². The highest BCUT2D eigenvalue weighted by atomic mass is 35.5. The molecule has 2 aromatic rings. The average Bonchev–Trinajstić information content (AvgIpc) is 3.07. The maximum absolute atomic E-state index is 12.5. The number of rotatable bonds is 5. The smallest absolute Gasteiger partial charge is 0.260 e. The van der Waals surface area contributed by atoms with Gasteiger partial charge in [-0.15, -0.1) is 12.4 Å². The Labute approximate surface area is 169 Å². The van der Waals surface area contributed by atoms with Crippen LogP contribution in [0.3, 0.4) is 0 Å².